The van der Waals surface area contributed by atoms with Gasteiger partial charge in [0.25, 0.3) is 0 Å². The molecule has 0 spiro atoms. The quantitative estimate of drug-likeness (QED) is 0.447. The van der Waals surface area contributed by atoms with Gasteiger partial charge in [-0.05, 0) is 52.9 Å². The molecule has 2 aromatic heterocycles. The van der Waals surface area contributed by atoms with Gasteiger partial charge in [-0.15, -0.1) is 5.10 Å². The smallest absolute Gasteiger partial charge is 0.213 e. The first-order chi connectivity index (χ1) is 12.2. The Hall–Kier alpha value is -2.64. The van der Waals surface area contributed by atoms with Crippen molar-refractivity contribution in [3.8, 4) is 11.2 Å². The summed E-state index contributed by atoms with van der Waals surface area (Å²) in [5.74, 6) is 0.691. The molecule has 0 aliphatic rings. The third kappa shape index (κ3) is 2.92. The molecule has 0 atom stereocenters. The van der Waals surface area contributed by atoms with Gasteiger partial charge in [0.2, 0.25) is 5.13 Å². The van der Waals surface area contributed by atoms with Gasteiger partial charge < -0.3 is 11.1 Å². The Morgan fingerprint density at radius 3 is 2.80 bits per heavy atom. The van der Waals surface area contributed by atoms with Crippen LogP contribution in [0.25, 0.3) is 15.3 Å². The van der Waals surface area contributed by atoms with Crippen LogP contribution in [-0.2, 0) is 0 Å². The Labute approximate surface area is 161 Å². The van der Waals surface area contributed by atoms with Crippen LogP contribution in [-0.4, -0.2) is 14.8 Å². The van der Waals surface area contributed by atoms with Crippen molar-refractivity contribution in [3.63, 3.8) is 0 Å². The minimum absolute atomic E-state index is 0.273. The number of nitrogens with zero attached hydrogens (tertiary/aromatic N) is 4. The number of fused-ring (bicyclic) bond motifs is 1. The van der Waals surface area contributed by atoms with Gasteiger partial charge in [-0.25, -0.2) is 4.98 Å². The van der Waals surface area contributed by atoms with E-state index in [0.717, 1.165) is 19.5 Å². The van der Waals surface area contributed by atoms with Crippen LogP contribution in [0.15, 0.2) is 48.5 Å². The van der Waals surface area contributed by atoms with Crippen LogP contribution in [0, 0.1) is 14.9 Å². The third-order valence-electron chi connectivity index (χ3n) is 3.58. The number of halogens is 1. The minimum atomic E-state index is 0.273. The molecule has 122 valence electrons. The number of nitrogens with two attached hydrogens (primary N) is 1. The second-order valence-electron chi connectivity index (χ2n) is 5.23. The number of rotatable bonds is 3. The van der Waals surface area contributed by atoms with Gasteiger partial charge in [0.05, 0.1) is 10.2 Å². The van der Waals surface area contributed by atoms with Gasteiger partial charge in [-0.2, -0.15) is 9.94 Å². The zero-order valence-corrected chi connectivity index (χ0v) is 15.7. The molecule has 4 rings (SSSR count). The van der Waals surface area contributed by atoms with Crippen molar-refractivity contribution in [1.29, 1.82) is 5.26 Å². The van der Waals surface area contributed by atoms with Crippen molar-refractivity contribution >= 4 is 61.5 Å². The summed E-state index contributed by atoms with van der Waals surface area (Å²) in [5, 5.41) is 17.8. The molecule has 0 bridgehead atoms. The van der Waals surface area contributed by atoms with Crippen LogP contribution in [0.2, 0.25) is 0 Å². The lowest BCUT2D eigenvalue weighted by molar-refractivity contribution is 0.887. The van der Waals surface area contributed by atoms with Crippen molar-refractivity contribution in [2.75, 3.05) is 11.1 Å². The molecule has 25 heavy (non-hydrogen) atoms. The highest BCUT2D eigenvalue weighted by atomic mass is 127. The molecule has 2 heterocycles. The molecule has 0 aliphatic heterocycles. The number of hydrogen-bond donors (Lipinski definition) is 2. The van der Waals surface area contributed by atoms with Gasteiger partial charge in [-0.3, -0.25) is 0 Å². The molecule has 0 aliphatic carbocycles. The summed E-state index contributed by atoms with van der Waals surface area (Å²) in [4.78, 5) is 4.55. The number of para-hydroxylation sites is 1. The standard InChI is InChI=1S/C17H11IN6S/c18-10-4-3-5-11(8-10)21-16-12(9-19)15(20)24(23-16)17-22-13-6-1-2-7-14(13)25-17/h1-8H,20H2,(H,21,23). The first-order valence-electron chi connectivity index (χ1n) is 7.33. The summed E-state index contributed by atoms with van der Waals surface area (Å²) in [7, 11) is 0. The monoisotopic (exact) mass is 458 g/mol. The summed E-state index contributed by atoms with van der Waals surface area (Å²) < 4.78 is 3.64. The number of nitrogens with one attached hydrogen (secondary N) is 1. The van der Waals surface area contributed by atoms with Crippen LogP contribution in [0.3, 0.4) is 0 Å². The van der Waals surface area contributed by atoms with Crippen LogP contribution in [0.1, 0.15) is 5.56 Å². The molecule has 0 fully saturated rings. The second kappa shape index (κ2) is 6.34. The Kier molecular flexibility index (Phi) is 4.03. The lowest BCUT2D eigenvalue weighted by Gasteiger charge is -2.03. The van der Waals surface area contributed by atoms with Crippen LogP contribution in [0.4, 0.5) is 17.3 Å². The van der Waals surface area contributed by atoms with Crippen molar-refractivity contribution in [3.05, 3.63) is 57.7 Å². The van der Waals surface area contributed by atoms with E-state index in [2.05, 4.69) is 44.1 Å². The van der Waals surface area contributed by atoms with Crippen molar-refractivity contribution in [1.82, 2.24) is 14.8 Å². The number of benzene rings is 2. The summed E-state index contributed by atoms with van der Waals surface area (Å²) in [6.07, 6.45) is 0. The van der Waals surface area contributed by atoms with Gasteiger partial charge in [0.15, 0.2) is 5.82 Å². The summed E-state index contributed by atoms with van der Waals surface area (Å²) in [6, 6.07) is 17.8. The Bertz CT molecular complexity index is 1090. The average molecular weight is 458 g/mol. The molecule has 0 radical (unpaired) electrons. The van der Waals surface area contributed by atoms with Gasteiger partial charge in [0.1, 0.15) is 17.5 Å². The second-order valence-corrected chi connectivity index (χ2v) is 7.49. The van der Waals surface area contributed by atoms with Crippen molar-refractivity contribution < 1.29 is 0 Å². The topological polar surface area (TPSA) is 92.5 Å². The maximum absolute atomic E-state index is 9.49. The van der Waals surface area contributed by atoms with Gasteiger partial charge in [0, 0.05) is 9.26 Å². The lowest BCUT2D eigenvalue weighted by atomic mass is 10.3. The maximum Gasteiger partial charge on any atom is 0.213 e. The molecule has 0 amide bonds. The molecule has 0 saturated heterocycles. The highest BCUT2D eigenvalue weighted by Crippen LogP contribution is 2.31. The number of hydrogen-bond acceptors (Lipinski definition) is 6. The first-order valence-corrected chi connectivity index (χ1v) is 9.22. The van der Waals surface area contributed by atoms with Crippen LogP contribution in [0.5, 0.6) is 0 Å². The summed E-state index contributed by atoms with van der Waals surface area (Å²) in [6.45, 7) is 0. The molecular formula is C17H11IN6S. The SMILES string of the molecule is N#Cc1c(Nc2cccc(I)c2)nn(-c2nc3ccccc3s2)c1N. The largest absolute Gasteiger partial charge is 0.382 e. The van der Waals surface area contributed by atoms with E-state index in [-0.39, 0.29) is 5.82 Å². The fourth-order valence-corrected chi connectivity index (χ4v) is 3.90. The Balaban J connectivity index is 1.79. The maximum atomic E-state index is 9.49. The number of anilines is 3. The van der Waals surface area contributed by atoms with Crippen molar-refractivity contribution in [2.45, 2.75) is 0 Å². The molecule has 2 aromatic carbocycles. The van der Waals surface area contributed by atoms with Crippen LogP contribution >= 0.6 is 33.9 Å². The molecule has 3 N–H and O–H groups in total. The number of thiazole rings is 1. The normalized spacial score (nSPS) is 10.7. The lowest BCUT2D eigenvalue weighted by Crippen LogP contribution is -2.01. The summed E-state index contributed by atoms with van der Waals surface area (Å²) >= 11 is 3.71. The highest BCUT2D eigenvalue weighted by Gasteiger charge is 2.19. The Morgan fingerprint density at radius 2 is 2.04 bits per heavy atom. The first kappa shape index (κ1) is 15.9. The van der Waals surface area contributed by atoms with E-state index < -0.39 is 0 Å². The summed E-state index contributed by atoms with van der Waals surface area (Å²) in [5.41, 5.74) is 8.18. The number of aromatic nitrogens is 3. The highest BCUT2D eigenvalue weighted by molar-refractivity contribution is 14.1. The zero-order chi connectivity index (χ0) is 17.4. The van der Waals surface area contributed by atoms with Crippen molar-refractivity contribution in [2.24, 2.45) is 0 Å². The molecule has 0 saturated carbocycles. The molecule has 8 heteroatoms. The van der Waals surface area contributed by atoms with E-state index in [1.54, 1.807) is 0 Å². The fraction of sp³-hybridized carbons (Fsp3) is 0. The van der Waals surface area contributed by atoms with E-state index in [1.165, 1.54) is 16.0 Å². The third-order valence-corrected chi connectivity index (χ3v) is 5.27. The molecule has 0 unspecified atom stereocenters. The minimum Gasteiger partial charge on any atom is -0.382 e. The Morgan fingerprint density at radius 1 is 1.20 bits per heavy atom. The fourth-order valence-electron chi connectivity index (χ4n) is 2.43. The van der Waals surface area contributed by atoms with Crippen LogP contribution < -0.4 is 11.1 Å². The van der Waals surface area contributed by atoms with E-state index in [4.69, 9.17) is 5.73 Å². The predicted octanol–water partition coefficient (Wildman–Crippen LogP) is 4.28. The molecule has 6 nitrogen and oxygen atoms in total. The zero-order valence-electron chi connectivity index (χ0n) is 12.8. The molecular weight excluding hydrogens is 447 g/mol. The van der Waals surface area contributed by atoms with E-state index in [1.807, 2.05) is 48.5 Å². The number of nitriles is 1. The van der Waals surface area contributed by atoms with Gasteiger partial charge >= 0.3 is 0 Å². The van der Waals surface area contributed by atoms with E-state index in [0.29, 0.717) is 16.5 Å². The van der Waals surface area contributed by atoms with E-state index >= 15 is 0 Å². The van der Waals surface area contributed by atoms with Gasteiger partial charge in [-0.1, -0.05) is 29.5 Å². The predicted molar refractivity (Wildman–Crippen MR) is 108 cm³/mol. The number of nitrogen functional groups attached to an aromatic ring is 1. The van der Waals surface area contributed by atoms with E-state index in [9.17, 15) is 5.26 Å². The molecule has 4 aromatic rings. The average Bonchev–Trinajstić information content (AvgIpc) is 3.15.